The molecule has 9 aromatic heterocycles. The molecule has 410 valence electrons. The molecule has 0 bridgehead atoms. The Morgan fingerprint density at radius 1 is 0.231 bits per heavy atom. The molecular weight excluding hydrogens is 1190 g/mol. The largest absolute Gasteiger partial charge is 0.140 e. The molecule has 0 aliphatic carbocycles. The SMILES string of the molecule is CCCCCCCCc1cc2c(s1)c1cc(CCCCCCCC)sc1c1cc(-c3cc4c(s3)c3cc(Br)sc3c3cc(-c5cc6c7sc(CCCCCCCC)cc7c7sc(CCCCCCCC)cc7c6s5)sc34)sc21. The van der Waals surface area contributed by atoms with Gasteiger partial charge in [0.15, 0.2) is 0 Å². The Morgan fingerprint density at radius 2 is 0.436 bits per heavy atom. The predicted octanol–water partition coefficient (Wildman–Crippen LogP) is 28.3. The summed E-state index contributed by atoms with van der Waals surface area (Å²) in [6, 6.07) is 23.2. The summed E-state index contributed by atoms with van der Waals surface area (Å²) in [6.45, 7) is 9.29. The summed E-state index contributed by atoms with van der Waals surface area (Å²) in [4.78, 5) is 12.0. The molecule has 12 rings (SSSR count). The summed E-state index contributed by atoms with van der Waals surface area (Å²) in [5.74, 6) is 0. The third-order valence-electron chi connectivity index (χ3n) is 16.6. The number of fused-ring (bicyclic) bond motifs is 18. The molecule has 9 heterocycles. The first-order chi connectivity index (χ1) is 38.4. The van der Waals surface area contributed by atoms with Gasteiger partial charge in [-0.25, -0.2) is 0 Å². The zero-order valence-corrected chi connectivity index (χ0v) is 55.5. The molecule has 0 N–H and O–H groups in total. The number of benzene rings is 3. The van der Waals surface area contributed by atoms with Crippen LogP contribution < -0.4 is 0 Å². The van der Waals surface area contributed by atoms with Crippen LogP contribution in [0.1, 0.15) is 201 Å². The molecule has 0 saturated carbocycles. The normalized spacial score (nSPS) is 12.6. The molecule has 0 spiro atoms. The van der Waals surface area contributed by atoms with Crippen LogP contribution in [0.5, 0.6) is 0 Å². The van der Waals surface area contributed by atoms with Gasteiger partial charge in [-0.05, 0) is 122 Å². The lowest BCUT2D eigenvalue weighted by atomic mass is 10.1. The third-order valence-corrected chi connectivity index (χ3v) is 28.2. The molecular formula is C68H77BrS9. The van der Waals surface area contributed by atoms with Crippen LogP contribution >= 0.6 is 118 Å². The van der Waals surface area contributed by atoms with E-state index in [1.54, 1.807) is 19.5 Å². The number of hydrogen-bond acceptors (Lipinski definition) is 9. The molecule has 0 saturated heterocycles. The Labute approximate surface area is 508 Å². The fourth-order valence-corrected chi connectivity index (χ4v) is 24.3. The van der Waals surface area contributed by atoms with Crippen LogP contribution in [-0.4, -0.2) is 0 Å². The predicted molar refractivity (Wildman–Crippen MR) is 372 cm³/mol. The molecule has 12 aromatic rings. The summed E-state index contributed by atoms with van der Waals surface area (Å²) >= 11 is 22.5. The molecule has 0 aliphatic heterocycles. The van der Waals surface area contributed by atoms with Crippen molar-refractivity contribution in [1.29, 1.82) is 0 Å². The molecule has 10 heteroatoms. The Morgan fingerprint density at radius 3 is 0.705 bits per heavy atom. The van der Waals surface area contributed by atoms with Crippen molar-refractivity contribution in [3.05, 3.63) is 77.9 Å². The number of rotatable bonds is 30. The van der Waals surface area contributed by atoms with Crippen LogP contribution in [0.2, 0.25) is 0 Å². The minimum Gasteiger partial charge on any atom is -0.140 e. The lowest BCUT2D eigenvalue weighted by Gasteiger charge is -1.99. The summed E-state index contributed by atoms with van der Waals surface area (Å²) < 4.78 is 14.7. The summed E-state index contributed by atoms with van der Waals surface area (Å²) in [7, 11) is 0. The molecule has 0 atom stereocenters. The summed E-state index contributed by atoms with van der Waals surface area (Å²) in [5.41, 5.74) is 0. The van der Waals surface area contributed by atoms with Crippen molar-refractivity contribution >= 4 is 209 Å². The van der Waals surface area contributed by atoms with Crippen molar-refractivity contribution in [2.45, 2.75) is 207 Å². The number of aryl methyl sites for hydroxylation is 4. The van der Waals surface area contributed by atoms with Gasteiger partial charge >= 0.3 is 0 Å². The summed E-state index contributed by atoms with van der Waals surface area (Å²) in [6.07, 6.45) is 37.2. The zero-order chi connectivity index (χ0) is 53.1. The Hall–Kier alpha value is -2.22. The molecule has 0 unspecified atom stereocenters. The van der Waals surface area contributed by atoms with E-state index < -0.39 is 0 Å². The van der Waals surface area contributed by atoms with E-state index in [1.807, 2.05) is 34.0 Å². The molecule has 0 nitrogen and oxygen atoms in total. The highest BCUT2D eigenvalue weighted by molar-refractivity contribution is 9.11. The average Bonchev–Trinajstić information content (AvgIpc) is 4.40. The van der Waals surface area contributed by atoms with Gasteiger partial charge in [-0.15, -0.1) is 102 Å². The molecule has 0 fully saturated rings. The highest BCUT2D eigenvalue weighted by Crippen LogP contribution is 2.55. The highest BCUT2D eigenvalue weighted by atomic mass is 79.9. The van der Waals surface area contributed by atoms with E-state index in [4.69, 9.17) is 0 Å². The molecule has 0 radical (unpaired) electrons. The van der Waals surface area contributed by atoms with Crippen molar-refractivity contribution in [2.24, 2.45) is 0 Å². The lowest BCUT2D eigenvalue weighted by molar-refractivity contribution is 0.609. The van der Waals surface area contributed by atoms with Gasteiger partial charge in [0.05, 0.1) is 3.79 Å². The maximum Gasteiger partial charge on any atom is 0.0711 e. The molecule has 0 amide bonds. The van der Waals surface area contributed by atoms with E-state index in [0.29, 0.717) is 0 Å². The van der Waals surface area contributed by atoms with Crippen molar-refractivity contribution in [3.8, 4) is 19.5 Å². The number of halogens is 1. The second kappa shape index (κ2) is 26.1. The van der Waals surface area contributed by atoms with Crippen LogP contribution in [0.3, 0.4) is 0 Å². The standard InChI is InChI=1S/C68H77BrS9/c1-5-9-13-17-21-25-29-42-33-46-60-48(35-44(70-60)31-27-23-19-15-11-7-3)64-50(62(46)72-42)37-55(74-64)57-39-52-66-53(68-54(67(52)77-57)41-59(69)78-68)40-58(76-66)56-38-51-63-47(34-43(73-63)30-26-22-18-14-10-6-2)61-49(65(51)75-56)36-45(71-61)32-28-24-20-16-12-8-4/h33-41H,5-32H2,1-4H3. The smallest absolute Gasteiger partial charge is 0.0711 e. The van der Waals surface area contributed by atoms with Gasteiger partial charge in [-0.2, -0.15) is 0 Å². The second-order valence-corrected chi connectivity index (χ2v) is 33.8. The zero-order valence-electron chi connectivity index (χ0n) is 46.5. The van der Waals surface area contributed by atoms with Gasteiger partial charge in [0.2, 0.25) is 0 Å². The van der Waals surface area contributed by atoms with Gasteiger partial charge in [0, 0.05) is 130 Å². The van der Waals surface area contributed by atoms with Gasteiger partial charge < -0.3 is 0 Å². The van der Waals surface area contributed by atoms with Gasteiger partial charge in [-0.1, -0.05) is 156 Å². The highest BCUT2D eigenvalue weighted by Gasteiger charge is 2.24. The number of hydrogen-bond donors (Lipinski definition) is 0. The van der Waals surface area contributed by atoms with E-state index >= 15 is 0 Å². The quantitative estimate of drug-likeness (QED) is 0.0394. The van der Waals surface area contributed by atoms with Crippen LogP contribution in [0, 0.1) is 0 Å². The van der Waals surface area contributed by atoms with E-state index in [2.05, 4.69) is 166 Å². The van der Waals surface area contributed by atoms with E-state index in [-0.39, 0.29) is 0 Å². The molecule has 78 heavy (non-hydrogen) atoms. The first-order valence-corrected chi connectivity index (χ1v) is 38.4. The maximum absolute atomic E-state index is 4.00. The Balaban J connectivity index is 0.919. The van der Waals surface area contributed by atoms with Gasteiger partial charge in [0.25, 0.3) is 0 Å². The molecule has 3 aromatic carbocycles. The monoisotopic (exact) mass is 1260 g/mol. The van der Waals surface area contributed by atoms with Crippen molar-refractivity contribution in [1.82, 2.24) is 0 Å². The van der Waals surface area contributed by atoms with Crippen molar-refractivity contribution < 1.29 is 0 Å². The lowest BCUT2D eigenvalue weighted by Crippen LogP contribution is -1.82. The van der Waals surface area contributed by atoms with E-state index in [9.17, 15) is 0 Å². The van der Waals surface area contributed by atoms with Crippen LogP contribution in [0.25, 0.3) is 110 Å². The average molecular weight is 1260 g/mol. The molecule has 0 aliphatic rings. The fraction of sp³-hybridized carbons (Fsp3) is 0.471. The van der Waals surface area contributed by atoms with Crippen LogP contribution in [0.15, 0.2) is 58.4 Å². The van der Waals surface area contributed by atoms with Gasteiger partial charge in [-0.3, -0.25) is 0 Å². The van der Waals surface area contributed by atoms with E-state index in [1.165, 1.54) is 294 Å². The fourth-order valence-electron chi connectivity index (χ4n) is 12.3. The van der Waals surface area contributed by atoms with Crippen molar-refractivity contribution in [3.63, 3.8) is 0 Å². The number of thiophene rings is 9. The van der Waals surface area contributed by atoms with E-state index in [0.717, 1.165) is 0 Å². The van der Waals surface area contributed by atoms with Crippen LogP contribution in [0.4, 0.5) is 0 Å². The number of unbranched alkanes of at least 4 members (excludes halogenated alkanes) is 20. The summed E-state index contributed by atoms with van der Waals surface area (Å²) in [5, 5.41) is 13.3. The van der Waals surface area contributed by atoms with Gasteiger partial charge in [0.1, 0.15) is 0 Å². The Kier molecular flexibility index (Phi) is 18.9. The first-order valence-electron chi connectivity index (χ1n) is 30.3. The third kappa shape index (κ3) is 11.8. The van der Waals surface area contributed by atoms with Crippen molar-refractivity contribution in [2.75, 3.05) is 0 Å². The maximum atomic E-state index is 4.00. The topological polar surface area (TPSA) is 0 Å². The minimum absolute atomic E-state index is 1.21. The minimum atomic E-state index is 1.21. The van der Waals surface area contributed by atoms with Crippen LogP contribution in [-0.2, 0) is 25.7 Å². The second-order valence-electron chi connectivity index (χ2n) is 22.6. The first kappa shape index (κ1) is 56.3. The Bertz CT molecular complexity index is 3540.